The first kappa shape index (κ1) is 19.2. The Labute approximate surface area is 176 Å². The lowest BCUT2D eigenvalue weighted by molar-refractivity contribution is -0.123. The van der Waals surface area contributed by atoms with Gasteiger partial charge in [-0.05, 0) is 67.2 Å². The van der Waals surface area contributed by atoms with E-state index in [0.717, 1.165) is 36.1 Å². The number of carbonyl (C=O) groups excluding carboxylic acids is 2. The molecule has 0 radical (unpaired) electrons. The molecule has 8 heteroatoms. The Kier molecular flexibility index (Phi) is 5.52. The maximum absolute atomic E-state index is 12.8. The van der Waals surface area contributed by atoms with E-state index in [1.807, 2.05) is 29.6 Å². The van der Waals surface area contributed by atoms with E-state index in [0.29, 0.717) is 14.8 Å². The lowest BCUT2D eigenvalue weighted by Gasteiger charge is -2.17. The molecule has 0 bridgehead atoms. The molecule has 0 spiro atoms. The Morgan fingerprint density at radius 3 is 2.75 bits per heavy atom. The number of hydrogen-bond acceptors (Lipinski definition) is 6. The zero-order valence-electron chi connectivity index (χ0n) is 15.2. The van der Waals surface area contributed by atoms with Gasteiger partial charge in [-0.3, -0.25) is 15.0 Å². The fourth-order valence-electron chi connectivity index (χ4n) is 3.26. The number of benzene rings is 1. The molecular weight excluding hydrogens is 412 g/mol. The minimum absolute atomic E-state index is 0.276. The Morgan fingerprint density at radius 2 is 2.00 bits per heavy atom. The lowest BCUT2D eigenvalue weighted by atomic mass is 9.96. The zero-order valence-corrected chi connectivity index (χ0v) is 17.6. The number of nitrogens with one attached hydrogen (secondary N) is 1. The predicted octanol–water partition coefficient (Wildman–Crippen LogP) is 4.18. The van der Waals surface area contributed by atoms with Crippen LogP contribution in [0.15, 0.2) is 34.6 Å². The van der Waals surface area contributed by atoms with E-state index in [1.165, 1.54) is 28.1 Å². The number of hydrogen-bond donors (Lipinski definition) is 1. The minimum Gasteiger partial charge on any atom is -0.497 e. The number of amides is 2. The molecule has 5 nitrogen and oxygen atoms in total. The molecule has 2 aliphatic rings. The number of hydrazine groups is 1. The van der Waals surface area contributed by atoms with E-state index in [-0.39, 0.29) is 11.8 Å². The maximum Gasteiger partial charge on any atom is 0.285 e. The van der Waals surface area contributed by atoms with Crippen molar-refractivity contribution in [3.8, 4) is 5.75 Å². The van der Waals surface area contributed by atoms with Crippen molar-refractivity contribution in [2.75, 3.05) is 7.11 Å². The van der Waals surface area contributed by atoms with Crippen molar-refractivity contribution in [3.05, 3.63) is 56.1 Å². The van der Waals surface area contributed by atoms with Gasteiger partial charge in [0.25, 0.3) is 11.8 Å². The Morgan fingerprint density at radius 1 is 1.25 bits per heavy atom. The quantitative estimate of drug-likeness (QED) is 0.582. The van der Waals surface area contributed by atoms with Crippen molar-refractivity contribution >= 4 is 57.5 Å². The van der Waals surface area contributed by atoms with Crippen LogP contribution < -0.4 is 10.2 Å². The molecule has 0 atom stereocenters. The van der Waals surface area contributed by atoms with Crippen molar-refractivity contribution < 1.29 is 14.3 Å². The van der Waals surface area contributed by atoms with Crippen LogP contribution in [-0.4, -0.2) is 28.3 Å². The van der Waals surface area contributed by atoms with E-state index in [2.05, 4.69) is 5.43 Å². The van der Waals surface area contributed by atoms with Gasteiger partial charge in [-0.25, -0.2) is 0 Å². The first-order chi connectivity index (χ1) is 13.6. The average Bonchev–Trinajstić information content (AvgIpc) is 3.25. The van der Waals surface area contributed by atoms with Gasteiger partial charge in [0.2, 0.25) is 0 Å². The molecule has 1 aliphatic heterocycles. The molecule has 1 saturated heterocycles. The van der Waals surface area contributed by atoms with Gasteiger partial charge in [0.05, 0.1) is 17.6 Å². The molecule has 28 heavy (non-hydrogen) atoms. The average molecular weight is 431 g/mol. The Balaban J connectivity index is 1.50. The predicted molar refractivity (Wildman–Crippen MR) is 116 cm³/mol. The third-order valence-electron chi connectivity index (χ3n) is 4.73. The molecule has 1 fully saturated rings. The van der Waals surface area contributed by atoms with Crippen molar-refractivity contribution in [2.45, 2.75) is 25.7 Å². The van der Waals surface area contributed by atoms with Crippen LogP contribution >= 0.6 is 35.3 Å². The number of fused-ring (bicyclic) bond motifs is 1. The Hall–Kier alpha value is -2.16. The number of ether oxygens (including phenoxy) is 1. The van der Waals surface area contributed by atoms with Crippen molar-refractivity contribution in [1.29, 1.82) is 0 Å². The highest BCUT2D eigenvalue weighted by Crippen LogP contribution is 2.33. The number of nitrogens with zero attached hydrogens (tertiary/aromatic N) is 1. The Bertz CT molecular complexity index is 979. The molecule has 1 aromatic carbocycles. The van der Waals surface area contributed by atoms with Crippen LogP contribution in [-0.2, 0) is 17.6 Å². The van der Waals surface area contributed by atoms with Crippen LogP contribution in [0.4, 0.5) is 0 Å². The molecule has 144 valence electrons. The summed E-state index contributed by atoms with van der Waals surface area (Å²) in [4.78, 5) is 27.3. The van der Waals surface area contributed by atoms with Crippen LogP contribution in [0.2, 0.25) is 0 Å². The number of aryl methyl sites for hydroxylation is 1. The van der Waals surface area contributed by atoms with Crippen molar-refractivity contribution in [2.24, 2.45) is 0 Å². The van der Waals surface area contributed by atoms with E-state index >= 15 is 0 Å². The molecule has 1 aliphatic carbocycles. The molecule has 1 aromatic heterocycles. The summed E-state index contributed by atoms with van der Waals surface area (Å²) in [7, 11) is 1.60. The summed E-state index contributed by atoms with van der Waals surface area (Å²) in [6.07, 6.45) is 5.96. The fraction of sp³-hybridized carbons (Fsp3) is 0.250. The highest BCUT2D eigenvalue weighted by atomic mass is 32.2. The molecule has 0 saturated carbocycles. The van der Waals surface area contributed by atoms with Gasteiger partial charge >= 0.3 is 0 Å². The third-order valence-corrected chi connectivity index (χ3v) is 7.12. The third kappa shape index (κ3) is 3.72. The first-order valence-corrected chi connectivity index (χ1v) is 11.0. The monoisotopic (exact) mass is 430 g/mol. The molecule has 2 aromatic rings. The lowest BCUT2D eigenvalue weighted by Crippen LogP contribution is -2.45. The summed E-state index contributed by atoms with van der Waals surface area (Å²) in [5, 5.41) is 3.06. The number of rotatable bonds is 4. The molecule has 4 rings (SSSR count). The van der Waals surface area contributed by atoms with Gasteiger partial charge < -0.3 is 4.74 Å². The van der Waals surface area contributed by atoms with Crippen LogP contribution in [0.25, 0.3) is 6.08 Å². The number of methoxy groups -OCH3 is 1. The second kappa shape index (κ2) is 8.06. The summed E-state index contributed by atoms with van der Waals surface area (Å²) in [5.41, 5.74) is 5.33. The summed E-state index contributed by atoms with van der Waals surface area (Å²) >= 11 is 8.12. The normalized spacial score (nSPS) is 17.8. The molecule has 2 amide bonds. The van der Waals surface area contributed by atoms with Crippen LogP contribution in [0.5, 0.6) is 5.75 Å². The minimum atomic E-state index is -0.316. The van der Waals surface area contributed by atoms with Gasteiger partial charge in [0.1, 0.15) is 5.75 Å². The molecular formula is C20H18N2O3S3. The smallest absolute Gasteiger partial charge is 0.285 e. The van der Waals surface area contributed by atoms with E-state index < -0.39 is 0 Å². The highest BCUT2D eigenvalue weighted by molar-refractivity contribution is 8.26. The fourth-order valence-corrected chi connectivity index (χ4v) is 5.57. The largest absolute Gasteiger partial charge is 0.497 e. The number of carbonyl (C=O) groups is 2. The highest BCUT2D eigenvalue weighted by Gasteiger charge is 2.34. The van der Waals surface area contributed by atoms with Gasteiger partial charge in [0.15, 0.2) is 4.32 Å². The molecule has 1 N–H and O–H groups in total. The second-order valence-corrected chi connectivity index (χ2v) is 9.13. The standard InChI is InChI=1S/C20H18N2O3S3/c1-25-13-8-6-12(7-9-13)10-17-19(24)22(20(26)28-17)21-18(23)15-11-27-16-5-3-2-4-14(15)16/h6-11H,2-5H2,1H3,(H,21,23)/b17-10+. The summed E-state index contributed by atoms with van der Waals surface area (Å²) in [5.74, 6) is 0.153. The summed E-state index contributed by atoms with van der Waals surface area (Å²) in [6, 6.07) is 7.38. The molecule has 2 heterocycles. The van der Waals surface area contributed by atoms with E-state index in [9.17, 15) is 9.59 Å². The SMILES string of the molecule is COc1ccc(/C=C2/SC(=S)N(NC(=O)c3csc4c3CCCC4)C2=O)cc1. The topological polar surface area (TPSA) is 58.6 Å². The second-order valence-electron chi connectivity index (χ2n) is 6.49. The number of thiophene rings is 1. The molecule has 0 unspecified atom stereocenters. The van der Waals surface area contributed by atoms with Crippen LogP contribution in [0, 0.1) is 0 Å². The zero-order chi connectivity index (χ0) is 19.7. The first-order valence-electron chi connectivity index (χ1n) is 8.89. The van der Waals surface area contributed by atoms with E-state index in [1.54, 1.807) is 24.5 Å². The summed E-state index contributed by atoms with van der Waals surface area (Å²) in [6.45, 7) is 0. The van der Waals surface area contributed by atoms with Crippen molar-refractivity contribution in [1.82, 2.24) is 10.4 Å². The van der Waals surface area contributed by atoms with E-state index in [4.69, 9.17) is 17.0 Å². The van der Waals surface area contributed by atoms with Crippen LogP contribution in [0.1, 0.15) is 39.2 Å². The number of thiocarbonyl (C=S) groups is 1. The number of thioether (sulfide) groups is 1. The van der Waals surface area contributed by atoms with Gasteiger partial charge in [-0.15, -0.1) is 11.3 Å². The van der Waals surface area contributed by atoms with Crippen LogP contribution in [0.3, 0.4) is 0 Å². The summed E-state index contributed by atoms with van der Waals surface area (Å²) < 4.78 is 5.47. The van der Waals surface area contributed by atoms with Gasteiger partial charge in [-0.2, -0.15) is 5.01 Å². The maximum atomic E-state index is 12.8. The van der Waals surface area contributed by atoms with Gasteiger partial charge in [-0.1, -0.05) is 23.9 Å². The van der Waals surface area contributed by atoms with Crippen molar-refractivity contribution in [3.63, 3.8) is 0 Å². The van der Waals surface area contributed by atoms with Gasteiger partial charge in [0, 0.05) is 10.3 Å².